The van der Waals surface area contributed by atoms with Gasteiger partial charge in [-0.2, -0.15) is 0 Å². The third-order valence-electron chi connectivity index (χ3n) is 9.62. The van der Waals surface area contributed by atoms with Crippen LogP contribution in [-0.4, -0.2) is 47.9 Å². The van der Waals surface area contributed by atoms with E-state index < -0.39 is 55.8 Å². The number of nitrogens with two attached hydrogens (primary N) is 1. The number of rotatable bonds is 12. The monoisotopic (exact) mass is 722 g/mol. The molecule has 6 rings (SSSR count). The van der Waals surface area contributed by atoms with E-state index in [0.29, 0.717) is 47.0 Å². The second-order valence-corrected chi connectivity index (χ2v) is 16.7. The van der Waals surface area contributed by atoms with Crippen LogP contribution in [0.2, 0.25) is 5.02 Å². The van der Waals surface area contributed by atoms with Gasteiger partial charge < -0.3 is 20.7 Å². The van der Waals surface area contributed by atoms with Gasteiger partial charge in [0.1, 0.15) is 28.9 Å². The average molecular weight is 723 g/mol. The van der Waals surface area contributed by atoms with Crippen molar-refractivity contribution in [3.05, 3.63) is 101 Å². The topological polar surface area (TPSA) is 148 Å². The Morgan fingerprint density at radius 1 is 1.10 bits per heavy atom. The van der Waals surface area contributed by atoms with E-state index in [-0.39, 0.29) is 31.7 Å². The Bertz CT molecular complexity index is 1980. The number of carbonyl (C=O) groups is 3. The highest BCUT2D eigenvalue weighted by Gasteiger charge is 2.61. The maximum Gasteiger partial charge on any atom is 0.259 e. The molecule has 2 aliphatic carbocycles. The third-order valence-corrected chi connectivity index (χ3v) is 11.7. The fourth-order valence-electron chi connectivity index (χ4n) is 6.62. The van der Waals surface area contributed by atoms with Crippen LogP contribution in [0.4, 0.5) is 10.1 Å². The zero-order chi connectivity index (χ0) is 36.0. The molecule has 0 unspecified atom stereocenters. The molecule has 2 saturated carbocycles. The zero-order valence-electron chi connectivity index (χ0n) is 27.9. The van der Waals surface area contributed by atoms with E-state index in [1.54, 1.807) is 30.3 Å². The van der Waals surface area contributed by atoms with E-state index in [1.807, 2.05) is 26.0 Å². The molecule has 50 heavy (non-hydrogen) atoms. The van der Waals surface area contributed by atoms with Crippen LogP contribution in [0.15, 0.2) is 73.3 Å². The van der Waals surface area contributed by atoms with Gasteiger partial charge in [0, 0.05) is 36.0 Å². The first-order valence-electron chi connectivity index (χ1n) is 16.5. The molecular formula is C37H40ClFN4O6S. The van der Waals surface area contributed by atoms with Crippen molar-refractivity contribution >= 4 is 45.0 Å². The second-order valence-electron chi connectivity index (χ2n) is 14.3. The Balaban J connectivity index is 1.27. The summed E-state index contributed by atoms with van der Waals surface area (Å²) in [5, 5.41) is 2.71. The smallest absolute Gasteiger partial charge is 0.259 e. The number of ether oxygens (including phenoxy) is 1. The number of halogens is 2. The maximum absolute atomic E-state index is 14.2. The van der Waals surface area contributed by atoms with Crippen molar-refractivity contribution < 1.29 is 31.9 Å². The van der Waals surface area contributed by atoms with E-state index in [1.165, 1.54) is 29.2 Å². The average Bonchev–Trinajstić information content (AvgIpc) is 3.97. The summed E-state index contributed by atoms with van der Waals surface area (Å²) in [6.45, 7) is 7.62. The van der Waals surface area contributed by atoms with Crippen molar-refractivity contribution in [2.45, 2.75) is 75.7 Å². The molecule has 10 nitrogen and oxygen atoms in total. The van der Waals surface area contributed by atoms with Crippen LogP contribution < -0.4 is 20.5 Å². The molecule has 0 saturated heterocycles. The molecule has 2 fully saturated rings. The molecule has 264 valence electrons. The summed E-state index contributed by atoms with van der Waals surface area (Å²) in [5.74, 6) is -1.62. The number of fused-ring (bicyclic) bond motifs is 1. The molecule has 3 aromatic carbocycles. The van der Waals surface area contributed by atoms with Gasteiger partial charge >= 0.3 is 0 Å². The number of carbonyl (C=O) groups excluding carboxylic acids is 3. The number of sulfonamides is 1. The molecule has 1 aliphatic heterocycles. The van der Waals surface area contributed by atoms with E-state index >= 15 is 0 Å². The number of nitrogens with one attached hydrogen (secondary N) is 2. The van der Waals surface area contributed by atoms with Crippen molar-refractivity contribution in [3.63, 3.8) is 0 Å². The normalized spacial score (nSPS) is 21.5. The first-order valence-corrected chi connectivity index (χ1v) is 18.4. The lowest BCUT2D eigenvalue weighted by Gasteiger charge is -2.38. The fourth-order valence-corrected chi connectivity index (χ4v) is 8.16. The number of benzene rings is 3. The lowest BCUT2D eigenvalue weighted by atomic mass is 9.81. The molecule has 4 N–H and O–H groups in total. The minimum atomic E-state index is -3.88. The molecule has 0 spiro atoms. The van der Waals surface area contributed by atoms with Crippen LogP contribution in [0.1, 0.15) is 56.2 Å². The van der Waals surface area contributed by atoms with Gasteiger partial charge in [0.05, 0.1) is 5.25 Å². The molecule has 3 atom stereocenters. The van der Waals surface area contributed by atoms with Crippen molar-refractivity contribution in [1.29, 1.82) is 0 Å². The standard InChI is InChI=1S/C37H40ClFN4O6S/c1-4-25-19-37(25,35(46)42-50(47,48)30-11-12-30)41-34(45)32-16-23-15-29(49-28-7-5-6-26(38)17-28)10-8-22(23)21-43(32)33(44)20-36(2,3)18-24-14-27(39)9-13-31(24)40/h4-10,13-15,17,25,30,32H,1,11-12,16,18-21,40H2,2-3H3,(H,41,45)(H,42,46)/t25-,32-,37-/m1/s1. The van der Waals surface area contributed by atoms with Crippen molar-refractivity contribution in [2.24, 2.45) is 11.3 Å². The van der Waals surface area contributed by atoms with Crippen LogP contribution in [0.5, 0.6) is 11.5 Å². The van der Waals surface area contributed by atoms with Crippen molar-refractivity contribution in [3.8, 4) is 11.5 Å². The van der Waals surface area contributed by atoms with Gasteiger partial charge in [-0.25, -0.2) is 12.8 Å². The highest BCUT2D eigenvalue weighted by molar-refractivity contribution is 7.91. The van der Waals surface area contributed by atoms with Crippen LogP contribution in [0.3, 0.4) is 0 Å². The Hall–Kier alpha value is -4.42. The quantitative estimate of drug-likeness (QED) is 0.167. The highest BCUT2D eigenvalue weighted by atomic mass is 35.5. The lowest BCUT2D eigenvalue weighted by Crippen LogP contribution is -2.59. The van der Waals surface area contributed by atoms with Crippen LogP contribution in [0.25, 0.3) is 0 Å². The second kappa shape index (κ2) is 13.4. The molecule has 3 amide bonds. The maximum atomic E-state index is 14.2. The summed E-state index contributed by atoms with van der Waals surface area (Å²) < 4.78 is 47.6. The van der Waals surface area contributed by atoms with E-state index in [2.05, 4.69) is 16.6 Å². The van der Waals surface area contributed by atoms with Crippen LogP contribution >= 0.6 is 11.6 Å². The summed E-state index contributed by atoms with van der Waals surface area (Å²) in [4.78, 5) is 43.3. The van der Waals surface area contributed by atoms with E-state index in [4.69, 9.17) is 22.1 Å². The number of anilines is 1. The summed E-state index contributed by atoms with van der Waals surface area (Å²) >= 11 is 6.13. The Kier molecular flexibility index (Phi) is 9.47. The summed E-state index contributed by atoms with van der Waals surface area (Å²) in [7, 11) is -3.88. The predicted octanol–water partition coefficient (Wildman–Crippen LogP) is 5.44. The SMILES string of the molecule is C=C[C@@H]1C[C@]1(NC(=O)[C@H]1Cc2cc(Oc3cccc(Cl)c3)ccc2CN1C(=O)CC(C)(C)Cc1cc(F)ccc1N)C(=O)NS(=O)(=O)C1CC1. The molecule has 0 bridgehead atoms. The van der Waals surface area contributed by atoms with Crippen LogP contribution in [-0.2, 0) is 43.8 Å². The minimum Gasteiger partial charge on any atom is -0.457 e. The molecule has 0 aromatic heterocycles. The summed E-state index contributed by atoms with van der Waals surface area (Å²) in [6, 6.07) is 15.5. The molecule has 3 aliphatic rings. The van der Waals surface area contributed by atoms with Gasteiger partial charge in [-0.15, -0.1) is 6.58 Å². The van der Waals surface area contributed by atoms with Crippen LogP contribution in [0, 0.1) is 17.2 Å². The molecule has 1 heterocycles. The summed E-state index contributed by atoms with van der Waals surface area (Å²) in [5.41, 5.74) is 6.51. The van der Waals surface area contributed by atoms with Gasteiger partial charge in [0.2, 0.25) is 21.8 Å². The number of nitrogen functional groups attached to an aromatic ring is 1. The Morgan fingerprint density at radius 3 is 2.52 bits per heavy atom. The van der Waals surface area contributed by atoms with Crippen molar-refractivity contribution in [1.82, 2.24) is 14.9 Å². The largest absolute Gasteiger partial charge is 0.457 e. The molecule has 13 heteroatoms. The Labute approximate surface area is 296 Å². The first-order chi connectivity index (χ1) is 23.6. The predicted molar refractivity (Wildman–Crippen MR) is 188 cm³/mol. The van der Waals surface area contributed by atoms with E-state index in [9.17, 15) is 27.2 Å². The number of hydrogen-bond acceptors (Lipinski definition) is 7. The Morgan fingerprint density at radius 2 is 1.84 bits per heavy atom. The fraction of sp³-hybridized carbons (Fsp3) is 0.378. The van der Waals surface area contributed by atoms with Gasteiger partial charge in [-0.3, -0.25) is 19.1 Å². The third kappa shape index (κ3) is 7.66. The lowest BCUT2D eigenvalue weighted by molar-refractivity contribution is -0.144. The molecule has 3 aromatic rings. The van der Waals surface area contributed by atoms with Gasteiger partial charge in [-0.1, -0.05) is 43.7 Å². The van der Waals surface area contributed by atoms with Gasteiger partial charge in [0.25, 0.3) is 5.91 Å². The number of nitrogens with zero attached hydrogens (tertiary/aromatic N) is 1. The van der Waals surface area contributed by atoms with E-state index in [0.717, 1.165) is 11.1 Å². The van der Waals surface area contributed by atoms with Crippen molar-refractivity contribution in [2.75, 3.05) is 5.73 Å². The summed E-state index contributed by atoms with van der Waals surface area (Å²) in [6.07, 6.45) is 3.06. The minimum absolute atomic E-state index is 0.0125. The van der Waals surface area contributed by atoms with Gasteiger partial charge in [-0.05, 0) is 96.3 Å². The molecule has 0 radical (unpaired) electrons. The first kappa shape index (κ1) is 35.4. The highest BCUT2D eigenvalue weighted by Crippen LogP contribution is 2.45. The zero-order valence-corrected chi connectivity index (χ0v) is 29.5. The number of hydrogen-bond donors (Lipinski definition) is 3. The van der Waals surface area contributed by atoms with Gasteiger partial charge in [0.15, 0.2) is 0 Å². The molecular weight excluding hydrogens is 683 g/mol. The number of amides is 3.